The van der Waals surface area contributed by atoms with Gasteiger partial charge in [0, 0.05) is 20.5 Å². The number of aliphatic hydroxyl groups is 1. The number of fused-ring (bicyclic) bond motifs is 1. The van der Waals surface area contributed by atoms with Crippen molar-refractivity contribution < 1.29 is 9.90 Å². The molecule has 1 aromatic rings. The van der Waals surface area contributed by atoms with Crippen LogP contribution in [0, 0.1) is 0 Å². The predicted octanol–water partition coefficient (Wildman–Crippen LogP) is -1.48. The number of nitrogens with zero attached hydrogens (tertiary/aromatic N) is 3. The number of carbonyl (C=O) groups excluding carboxylic acids is 1. The molecule has 8 nitrogen and oxygen atoms in total. The van der Waals surface area contributed by atoms with Gasteiger partial charge in [-0.3, -0.25) is 19.5 Å². The molecule has 1 aliphatic heterocycles. The summed E-state index contributed by atoms with van der Waals surface area (Å²) in [4.78, 5) is 32.9. The molecule has 1 aliphatic rings. The zero-order valence-electron chi connectivity index (χ0n) is 10.2. The van der Waals surface area contributed by atoms with Crippen LogP contribution in [0.1, 0.15) is 6.92 Å². The van der Waals surface area contributed by atoms with E-state index in [1.807, 2.05) is 0 Å². The molecule has 98 valence electrons. The smallest absolute Gasteiger partial charge is 0.278 e. The molecule has 0 fully saturated rings. The van der Waals surface area contributed by atoms with Gasteiger partial charge in [-0.15, -0.1) is 0 Å². The predicted molar refractivity (Wildman–Crippen MR) is 66.6 cm³/mol. The molecule has 1 aromatic heterocycles. The van der Waals surface area contributed by atoms with Gasteiger partial charge >= 0.3 is 0 Å². The Morgan fingerprint density at radius 1 is 1.67 bits per heavy atom. The lowest BCUT2D eigenvalue weighted by molar-refractivity contribution is -0.117. The van der Waals surface area contributed by atoms with E-state index in [1.54, 1.807) is 11.9 Å². The topological polar surface area (TPSA) is 116 Å². The first kappa shape index (κ1) is 12.4. The van der Waals surface area contributed by atoms with Crippen LogP contribution in [0.15, 0.2) is 4.79 Å². The first-order valence-electron chi connectivity index (χ1n) is 5.47. The van der Waals surface area contributed by atoms with E-state index in [-0.39, 0.29) is 24.1 Å². The number of amides is 1. The summed E-state index contributed by atoms with van der Waals surface area (Å²) in [7, 11) is 1.73. The highest BCUT2D eigenvalue weighted by atomic mass is 16.3. The highest BCUT2D eigenvalue weighted by Crippen LogP contribution is 2.29. The zero-order valence-corrected chi connectivity index (χ0v) is 10.2. The molecule has 1 amide bonds. The first-order chi connectivity index (χ1) is 8.45. The second kappa shape index (κ2) is 4.30. The van der Waals surface area contributed by atoms with Gasteiger partial charge in [-0.25, -0.2) is 0 Å². The molecule has 18 heavy (non-hydrogen) atoms. The SMILES string of the molecule is CC(=O)N1c2c(nc(N)[nH]c2=O)N(C)CC1CO. The second-order valence-corrected chi connectivity index (χ2v) is 4.23. The Morgan fingerprint density at radius 3 is 2.89 bits per heavy atom. The van der Waals surface area contributed by atoms with E-state index in [1.165, 1.54) is 11.8 Å². The fourth-order valence-electron chi connectivity index (χ4n) is 2.18. The molecule has 1 atom stereocenters. The normalized spacial score (nSPS) is 18.7. The average Bonchev–Trinajstić information content (AvgIpc) is 2.29. The molecule has 0 aromatic carbocycles. The van der Waals surface area contributed by atoms with Crippen molar-refractivity contribution in [2.24, 2.45) is 0 Å². The molecule has 1 unspecified atom stereocenters. The maximum absolute atomic E-state index is 11.9. The largest absolute Gasteiger partial charge is 0.394 e. The molecule has 8 heteroatoms. The van der Waals surface area contributed by atoms with Crippen LogP contribution < -0.4 is 21.1 Å². The summed E-state index contributed by atoms with van der Waals surface area (Å²) in [6.45, 7) is 1.50. The van der Waals surface area contributed by atoms with Crippen molar-refractivity contribution in [3.63, 3.8) is 0 Å². The maximum Gasteiger partial charge on any atom is 0.278 e. The Labute approximate surface area is 103 Å². The number of nitrogens with two attached hydrogens (primary N) is 1. The van der Waals surface area contributed by atoms with Crippen LogP contribution in [0.2, 0.25) is 0 Å². The molecule has 0 bridgehead atoms. The summed E-state index contributed by atoms with van der Waals surface area (Å²) in [5.74, 6) is 0.0215. The van der Waals surface area contributed by atoms with Crippen LogP contribution in [-0.2, 0) is 4.79 Å². The van der Waals surface area contributed by atoms with E-state index < -0.39 is 11.6 Å². The van der Waals surface area contributed by atoms with Gasteiger partial charge in [-0.2, -0.15) is 4.98 Å². The Kier molecular flexibility index (Phi) is 2.95. The van der Waals surface area contributed by atoms with Crippen molar-refractivity contribution in [2.45, 2.75) is 13.0 Å². The number of aliphatic hydroxyl groups excluding tert-OH is 1. The number of carbonyl (C=O) groups is 1. The Bertz CT molecular complexity index is 541. The third-order valence-electron chi connectivity index (χ3n) is 2.90. The van der Waals surface area contributed by atoms with Gasteiger partial charge < -0.3 is 15.7 Å². The Morgan fingerprint density at radius 2 is 2.33 bits per heavy atom. The Balaban J connectivity index is 2.67. The molecule has 0 saturated heterocycles. The lowest BCUT2D eigenvalue weighted by atomic mass is 10.1. The van der Waals surface area contributed by atoms with Crippen molar-refractivity contribution in [2.75, 3.05) is 35.7 Å². The van der Waals surface area contributed by atoms with Crippen molar-refractivity contribution in [3.05, 3.63) is 10.4 Å². The maximum atomic E-state index is 11.9. The Hall–Kier alpha value is -2.09. The van der Waals surface area contributed by atoms with E-state index in [4.69, 9.17) is 5.73 Å². The third kappa shape index (κ3) is 1.80. The summed E-state index contributed by atoms with van der Waals surface area (Å²) in [5.41, 5.74) is 5.13. The summed E-state index contributed by atoms with van der Waals surface area (Å²) < 4.78 is 0. The molecule has 2 heterocycles. The number of nitrogen functional groups attached to an aromatic ring is 1. The molecule has 0 saturated carbocycles. The summed E-state index contributed by atoms with van der Waals surface area (Å²) in [6.07, 6.45) is 0. The van der Waals surface area contributed by atoms with Crippen molar-refractivity contribution in [1.29, 1.82) is 0 Å². The van der Waals surface area contributed by atoms with Crippen LogP contribution in [0.3, 0.4) is 0 Å². The zero-order chi connectivity index (χ0) is 13.4. The van der Waals surface area contributed by atoms with E-state index in [2.05, 4.69) is 9.97 Å². The monoisotopic (exact) mass is 253 g/mol. The number of H-pyrrole nitrogens is 1. The number of likely N-dealkylation sites (N-methyl/N-ethyl adjacent to an activating group) is 1. The van der Waals surface area contributed by atoms with Gasteiger partial charge in [0.05, 0.1) is 12.6 Å². The number of aromatic nitrogens is 2. The number of rotatable bonds is 1. The van der Waals surface area contributed by atoms with Crippen LogP contribution >= 0.6 is 0 Å². The van der Waals surface area contributed by atoms with E-state index in [0.29, 0.717) is 12.4 Å². The fourth-order valence-corrected chi connectivity index (χ4v) is 2.18. The van der Waals surface area contributed by atoms with Gasteiger partial charge in [0.1, 0.15) is 0 Å². The highest BCUT2D eigenvalue weighted by Gasteiger charge is 2.34. The number of aromatic amines is 1. The lowest BCUT2D eigenvalue weighted by Gasteiger charge is -2.39. The summed E-state index contributed by atoms with van der Waals surface area (Å²) in [6, 6.07) is -0.466. The van der Waals surface area contributed by atoms with Crippen molar-refractivity contribution >= 4 is 23.4 Å². The van der Waals surface area contributed by atoms with E-state index in [9.17, 15) is 14.7 Å². The van der Waals surface area contributed by atoms with E-state index >= 15 is 0 Å². The lowest BCUT2D eigenvalue weighted by Crippen LogP contribution is -2.54. The molecule has 2 rings (SSSR count). The molecule has 0 aliphatic carbocycles. The van der Waals surface area contributed by atoms with Crippen LogP contribution in [0.25, 0.3) is 0 Å². The number of hydrogen-bond acceptors (Lipinski definition) is 6. The highest BCUT2D eigenvalue weighted by molar-refractivity contribution is 5.96. The average molecular weight is 253 g/mol. The van der Waals surface area contributed by atoms with Crippen LogP contribution in [0.5, 0.6) is 0 Å². The number of anilines is 3. The minimum Gasteiger partial charge on any atom is -0.394 e. The van der Waals surface area contributed by atoms with Crippen molar-refractivity contribution in [1.82, 2.24) is 9.97 Å². The van der Waals surface area contributed by atoms with Crippen LogP contribution in [-0.4, -0.2) is 47.2 Å². The number of hydrogen-bond donors (Lipinski definition) is 3. The van der Waals surface area contributed by atoms with E-state index in [0.717, 1.165) is 0 Å². The van der Waals surface area contributed by atoms with Crippen molar-refractivity contribution in [3.8, 4) is 0 Å². The molecular formula is C10H15N5O3. The first-order valence-corrected chi connectivity index (χ1v) is 5.47. The van der Waals surface area contributed by atoms with Crippen LogP contribution in [0.4, 0.5) is 17.5 Å². The second-order valence-electron chi connectivity index (χ2n) is 4.23. The standard InChI is InChI=1S/C10H15N5O3/c1-5(17)15-6(4-16)3-14(2)8-7(15)9(18)13-10(11)12-8/h6,16H,3-4H2,1-2H3,(H3,11,12,13,18). The fraction of sp³-hybridized carbons (Fsp3) is 0.500. The molecule has 4 N–H and O–H groups in total. The number of nitrogens with one attached hydrogen (secondary N) is 1. The van der Waals surface area contributed by atoms with Gasteiger partial charge in [-0.05, 0) is 0 Å². The quantitative estimate of drug-likeness (QED) is 0.562. The molecular weight excluding hydrogens is 238 g/mol. The van der Waals surface area contributed by atoms with Gasteiger partial charge in [0.2, 0.25) is 11.9 Å². The summed E-state index contributed by atoms with van der Waals surface area (Å²) >= 11 is 0. The van der Waals surface area contributed by atoms with Gasteiger partial charge in [-0.1, -0.05) is 0 Å². The summed E-state index contributed by atoms with van der Waals surface area (Å²) in [5, 5.41) is 9.32. The minimum atomic E-state index is -0.488. The molecule has 0 radical (unpaired) electrons. The third-order valence-corrected chi connectivity index (χ3v) is 2.90. The minimum absolute atomic E-state index is 0.00319. The van der Waals surface area contributed by atoms with Gasteiger partial charge in [0.15, 0.2) is 11.5 Å². The van der Waals surface area contributed by atoms with Gasteiger partial charge in [0.25, 0.3) is 5.56 Å². The molecule has 0 spiro atoms.